The second-order valence-corrected chi connectivity index (χ2v) is 6.39. The van der Waals surface area contributed by atoms with E-state index in [1.807, 2.05) is 0 Å². The molecule has 3 amide bonds. The van der Waals surface area contributed by atoms with E-state index in [1.165, 1.54) is 37.2 Å². The first-order chi connectivity index (χ1) is 16.1. The van der Waals surface area contributed by atoms with Crippen LogP contribution in [0.25, 0.3) is 0 Å². The number of hydrogen-bond acceptors (Lipinski definition) is 9. The number of amides is 3. The summed E-state index contributed by atoms with van der Waals surface area (Å²) >= 11 is 0. The summed E-state index contributed by atoms with van der Waals surface area (Å²) in [7, 11) is 0. The summed E-state index contributed by atoms with van der Waals surface area (Å²) in [4.78, 5) is 61.3. The standard InChI is InChI=1S/C21H15N9O3/c31-16(13-4-1-7-22-10-13)25-19-28-20(26-17(32)14-5-2-8-23-11-14)30-21(29-19)27-18(33)15-6-3-9-24-12-15/h1-12H,(H3,25,26,27,28,29,30,31,32,33). The smallest absolute Gasteiger partial charge is 0.259 e. The van der Waals surface area contributed by atoms with Crippen molar-refractivity contribution >= 4 is 35.6 Å². The molecular weight excluding hydrogens is 426 g/mol. The quantitative estimate of drug-likeness (QED) is 0.404. The molecule has 0 atom stereocenters. The van der Waals surface area contributed by atoms with Gasteiger partial charge >= 0.3 is 0 Å². The molecule has 0 aromatic carbocycles. The first-order valence-corrected chi connectivity index (χ1v) is 9.49. The Morgan fingerprint density at radius 1 is 0.515 bits per heavy atom. The van der Waals surface area contributed by atoms with Crippen LogP contribution in [-0.2, 0) is 0 Å². The Balaban J connectivity index is 1.61. The molecule has 0 bridgehead atoms. The Hall–Kier alpha value is -5.13. The van der Waals surface area contributed by atoms with Gasteiger partial charge in [0.15, 0.2) is 0 Å². The molecule has 0 unspecified atom stereocenters. The maximum atomic E-state index is 12.5. The SMILES string of the molecule is O=C(Nc1nc(NC(=O)c2cccnc2)nc(NC(=O)c2cccnc2)n1)c1cccnc1. The van der Waals surface area contributed by atoms with Gasteiger partial charge in [0.05, 0.1) is 16.7 Å². The largest absolute Gasteiger partial charge is 0.290 e. The van der Waals surface area contributed by atoms with E-state index in [1.54, 1.807) is 36.4 Å². The van der Waals surface area contributed by atoms with Crippen LogP contribution in [0, 0.1) is 0 Å². The molecule has 0 fully saturated rings. The maximum absolute atomic E-state index is 12.5. The molecule has 33 heavy (non-hydrogen) atoms. The second kappa shape index (κ2) is 9.78. The van der Waals surface area contributed by atoms with Crippen LogP contribution in [0.15, 0.2) is 73.6 Å². The predicted octanol–water partition coefficient (Wildman–Crippen LogP) is 1.81. The summed E-state index contributed by atoms with van der Waals surface area (Å²) in [6.07, 6.45) is 8.68. The second-order valence-electron chi connectivity index (χ2n) is 6.39. The highest BCUT2D eigenvalue weighted by atomic mass is 16.2. The highest BCUT2D eigenvalue weighted by molar-refractivity contribution is 6.05. The molecule has 4 aromatic rings. The van der Waals surface area contributed by atoms with E-state index in [-0.39, 0.29) is 34.5 Å². The van der Waals surface area contributed by atoms with Crippen molar-refractivity contribution in [1.29, 1.82) is 0 Å². The van der Waals surface area contributed by atoms with Crippen LogP contribution < -0.4 is 16.0 Å². The maximum Gasteiger partial charge on any atom is 0.259 e. The number of nitrogens with one attached hydrogen (secondary N) is 3. The van der Waals surface area contributed by atoms with E-state index in [4.69, 9.17) is 0 Å². The molecule has 4 aromatic heterocycles. The lowest BCUT2D eigenvalue weighted by atomic mass is 10.3. The first kappa shape index (κ1) is 21.1. The van der Waals surface area contributed by atoms with Crippen LogP contribution in [0.5, 0.6) is 0 Å². The minimum Gasteiger partial charge on any atom is -0.290 e. The van der Waals surface area contributed by atoms with Crippen molar-refractivity contribution in [2.75, 3.05) is 16.0 Å². The van der Waals surface area contributed by atoms with E-state index in [9.17, 15) is 14.4 Å². The van der Waals surface area contributed by atoms with Crippen molar-refractivity contribution in [3.63, 3.8) is 0 Å². The number of pyridine rings is 3. The fraction of sp³-hybridized carbons (Fsp3) is 0. The average molecular weight is 441 g/mol. The average Bonchev–Trinajstić information content (AvgIpc) is 2.85. The van der Waals surface area contributed by atoms with E-state index in [0.717, 1.165) is 0 Å². The van der Waals surface area contributed by atoms with Gasteiger partial charge in [0.2, 0.25) is 17.8 Å². The zero-order chi connectivity index (χ0) is 23.0. The molecular formula is C21H15N9O3. The molecule has 3 N–H and O–H groups in total. The van der Waals surface area contributed by atoms with Crippen molar-refractivity contribution in [3.8, 4) is 0 Å². The molecule has 0 spiro atoms. The van der Waals surface area contributed by atoms with Crippen LogP contribution in [0.2, 0.25) is 0 Å². The van der Waals surface area contributed by atoms with Gasteiger partial charge in [-0.25, -0.2) is 0 Å². The zero-order valence-corrected chi connectivity index (χ0v) is 16.8. The van der Waals surface area contributed by atoms with Gasteiger partial charge < -0.3 is 0 Å². The van der Waals surface area contributed by atoms with Crippen molar-refractivity contribution in [1.82, 2.24) is 29.9 Å². The van der Waals surface area contributed by atoms with Crippen LogP contribution in [0.1, 0.15) is 31.1 Å². The third-order valence-electron chi connectivity index (χ3n) is 4.08. The van der Waals surface area contributed by atoms with Gasteiger partial charge in [-0.2, -0.15) is 15.0 Å². The van der Waals surface area contributed by atoms with E-state index < -0.39 is 17.7 Å². The highest BCUT2D eigenvalue weighted by Gasteiger charge is 2.16. The number of rotatable bonds is 6. The number of carbonyl (C=O) groups excluding carboxylic acids is 3. The van der Waals surface area contributed by atoms with E-state index >= 15 is 0 Å². The summed E-state index contributed by atoms with van der Waals surface area (Å²) in [5, 5.41) is 7.49. The van der Waals surface area contributed by atoms with Gasteiger partial charge in [0.25, 0.3) is 17.7 Å². The molecule has 0 aliphatic heterocycles. The van der Waals surface area contributed by atoms with E-state index in [0.29, 0.717) is 0 Å². The fourth-order valence-corrected chi connectivity index (χ4v) is 2.56. The molecule has 4 heterocycles. The molecule has 0 saturated heterocycles. The Bertz CT molecular complexity index is 1110. The van der Waals surface area contributed by atoms with Crippen molar-refractivity contribution < 1.29 is 14.4 Å². The highest BCUT2D eigenvalue weighted by Crippen LogP contribution is 2.13. The molecule has 0 aliphatic carbocycles. The molecule has 0 radical (unpaired) electrons. The number of hydrogen-bond donors (Lipinski definition) is 3. The first-order valence-electron chi connectivity index (χ1n) is 9.49. The third kappa shape index (κ3) is 5.52. The number of nitrogens with zero attached hydrogens (tertiary/aromatic N) is 6. The van der Waals surface area contributed by atoms with Gasteiger partial charge in [-0.05, 0) is 36.4 Å². The summed E-state index contributed by atoms with van der Waals surface area (Å²) in [5.74, 6) is -2.19. The lowest BCUT2D eigenvalue weighted by molar-refractivity contribution is 0.101. The normalized spacial score (nSPS) is 10.2. The van der Waals surface area contributed by atoms with Crippen LogP contribution >= 0.6 is 0 Å². The Morgan fingerprint density at radius 3 is 1.06 bits per heavy atom. The molecule has 12 heteroatoms. The predicted molar refractivity (Wildman–Crippen MR) is 116 cm³/mol. The number of aromatic nitrogens is 6. The summed E-state index contributed by atoms with van der Waals surface area (Å²) in [6.45, 7) is 0. The lowest BCUT2D eigenvalue weighted by Gasteiger charge is -2.10. The van der Waals surface area contributed by atoms with Gasteiger partial charge in [0.1, 0.15) is 0 Å². The lowest BCUT2D eigenvalue weighted by Crippen LogP contribution is -2.21. The summed E-state index contributed by atoms with van der Waals surface area (Å²) < 4.78 is 0. The van der Waals surface area contributed by atoms with Gasteiger partial charge in [-0.3, -0.25) is 45.3 Å². The van der Waals surface area contributed by atoms with Gasteiger partial charge in [-0.15, -0.1) is 0 Å². The molecule has 162 valence electrons. The molecule has 12 nitrogen and oxygen atoms in total. The minimum absolute atomic E-state index is 0.193. The van der Waals surface area contributed by atoms with E-state index in [2.05, 4.69) is 45.9 Å². The monoisotopic (exact) mass is 441 g/mol. The summed E-state index contributed by atoms with van der Waals surface area (Å²) in [6, 6.07) is 9.46. The number of carbonyl (C=O) groups is 3. The van der Waals surface area contributed by atoms with Crippen molar-refractivity contribution in [2.24, 2.45) is 0 Å². The Labute approximate surface area is 186 Å². The zero-order valence-electron chi connectivity index (χ0n) is 16.8. The van der Waals surface area contributed by atoms with Crippen LogP contribution in [-0.4, -0.2) is 47.6 Å². The summed E-state index contributed by atoms with van der Waals surface area (Å²) in [5.41, 5.74) is 0.791. The van der Waals surface area contributed by atoms with Crippen LogP contribution in [0.3, 0.4) is 0 Å². The third-order valence-corrected chi connectivity index (χ3v) is 4.08. The molecule has 0 aliphatic rings. The molecule has 0 saturated carbocycles. The minimum atomic E-state index is -0.539. The topological polar surface area (TPSA) is 165 Å². The van der Waals surface area contributed by atoms with Gasteiger partial charge in [-0.1, -0.05) is 0 Å². The number of anilines is 3. The Kier molecular flexibility index (Phi) is 6.26. The van der Waals surface area contributed by atoms with Gasteiger partial charge in [0, 0.05) is 37.2 Å². The fourth-order valence-electron chi connectivity index (χ4n) is 2.56. The van der Waals surface area contributed by atoms with Crippen molar-refractivity contribution in [2.45, 2.75) is 0 Å². The Morgan fingerprint density at radius 2 is 0.818 bits per heavy atom. The van der Waals surface area contributed by atoms with Crippen LogP contribution in [0.4, 0.5) is 17.8 Å². The molecule has 4 rings (SSSR count). The van der Waals surface area contributed by atoms with Crippen molar-refractivity contribution in [3.05, 3.63) is 90.3 Å².